The Morgan fingerprint density at radius 1 is 1.24 bits per heavy atom. The number of carbonyl (C=O) groups is 1. The number of thiazole rings is 1. The third kappa shape index (κ3) is 6.40. The first-order valence-electron chi connectivity index (χ1n) is 9.03. The minimum absolute atomic E-state index is 0. The van der Waals surface area contributed by atoms with Crippen molar-refractivity contribution in [1.29, 1.82) is 0 Å². The van der Waals surface area contributed by atoms with Gasteiger partial charge in [0.05, 0.1) is 6.54 Å². The first kappa shape index (κ1) is 20.4. The lowest BCUT2D eigenvalue weighted by Gasteiger charge is -2.34. The predicted octanol–water partition coefficient (Wildman–Crippen LogP) is 1.96. The van der Waals surface area contributed by atoms with E-state index in [9.17, 15) is 4.79 Å². The van der Waals surface area contributed by atoms with Gasteiger partial charge in [-0.25, -0.2) is 4.98 Å². The fourth-order valence-electron chi connectivity index (χ4n) is 3.60. The fraction of sp³-hybridized carbons (Fsp3) is 0.765. The highest BCUT2D eigenvalue weighted by atomic mass is 35.5. The molecule has 8 heteroatoms. The number of hydrogen-bond acceptors (Lipinski definition) is 6. The van der Waals surface area contributed by atoms with Gasteiger partial charge in [0.2, 0.25) is 5.91 Å². The highest BCUT2D eigenvalue weighted by Crippen LogP contribution is 2.23. The van der Waals surface area contributed by atoms with Crippen molar-refractivity contribution in [2.24, 2.45) is 5.92 Å². The fourth-order valence-corrected chi connectivity index (χ4v) is 4.33. The molecule has 0 unspecified atom stereocenters. The minimum atomic E-state index is 0. The van der Waals surface area contributed by atoms with Gasteiger partial charge in [-0.3, -0.25) is 14.6 Å². The number of nitrogens with zero attached hydrogens (tertiary/aromatic N) is 3. The van der Waals surface area contributed by atoms with E-state index in [0.717, 1.165) is 51.5 Å². The number of halogens is 1. The van der Waals surface area contributed by atoms with Crippen molar-refractivity contribution >= 4 is 34.8 Å². The normalized spacial score (nSPS) is 25.3. The van der Waals surface area contributed by atoms with Crippen molar-refractivity contribution in [3.05, 3.63) is 11.1 Å². The van der Waals surface area contributed by atoms with Crippen molar-refractivity contribution in [1.82, 2.24) is 20.1 Å². The third-order valence-electron chi connectivity index (χ3n) is 5.16. The summed E-state index contributed by atoms with van der Waals surface area (Å²) in [7, 11) is 0. The van der Waals surface area contributed by atoms with Gasteiger partial charge in [-0.1, -0.05) is 6.92 Å². The maximum atomic E-state index is 12.2. The molecule has 3 N–H and O–H groups in total. The molecule has 25 heavy (non-hydrogen) atoms. The molecular formula is C17H30ClN5OS. The Hall–Kier alpha value is -0.890. The van der Waals surface area contributed by atoms with E-state index in [1.54, 1.807) is 11.3 Å². The molecule has 1 saturated carbocycles. The van der Waals surface area contributed by atoms with Crippen molar-refractivity contribution in [3.63, 3.8) is 0 Å². The van der Waals surface area contributed by atoms with Gasteiger partial charge >= 0.3 is 0 Å². The van der Waals surface area contributed by atoms with Crippen molar-refractivity contribution in [2.75, 3.05) is 38.5 Å². The standard InChI is InChI=1S/C17H29N5OS.ClH/c1-13-2-4-14(5-3-13)20-16(23)12-22-8-6-21(7-9-22)11-15-10-19-17(18)24-15;/h10,13-14H,2-9,11-12H2,1H3,(H2,18,19)(H,20,23);1H. The second kappa shape index (κ2) is 9.71. The van der Waals surface area contributed by atoms with E-state index in [-0.39, 0.29) is 18.3 Å². The first-order chi connectivity index (χ1) is 11.6. The third-order valence-corrected chi connectivity index (χ3v) is 5.98. The van der Waals surface area contributed by atoms with Crippen LogP contribution in [0.5, 0.6) is 0 Å². The number of nitrogens with two attached hydrogens (primary N) is 1. The number of carbonyl (C=O) groups excluding carboxylic acids is 1. The Kier molecular flexibility index (Phi) is 7.93. The van der Waals surface area contributed by atoms with Crippen LogP contribution in [-0.2, 0) is 11.3 Å². The van der Waals surface area contributed by atoms with Crippen molar-refractivity contribution in [2.45, 2.75) is 45.2 Å². The van der Waals surface area contributed by atoms with Crippen LogP contribution in [0.4, 0.5) is 5.13 Å². The van der Waals surface area contributed by atoms with Crippen LogP contribution in [0.2, 0.25) is 0 Å². The van der Waals surface area contributed by atoms with Crippen LogP contribution in [-0.4, -0.2) is 59.5 Å². The monoisotopic (exact) mass is 387 g/mol. The molecule has 1 aliphatic heterocycles. The first-order valence-corrected chi connectivity index (χ1v) is 9.84. The van der Waals surface area contributed by atoms with Crippen LogP contribution in [0, 0.1) is 5.92 Å². The molecule has 0 aromatic carbocycles. The predicted molar refractivity (Wildman–Crippen MR) is 105 cm³/mol. The van der Waals surface area contributed by atoms with Crippen LogP contribution in [0.3, 0.4) is 0 Å². The molecular weight excluding hydrogens is 358 g/mol. The Morgan fingerprint density at radius 2 is 1.88 bits per heavy atom. The second-order valence-corrected chi connectivity index (χ2v) is 8.39. The molecule has 2 heterocycles. The van der Waals surface area contributed by atoms with E-state index in [4.69, 9.17) is 5.73 Å². The van der Waals surface area contributed by atoms with E-state index in [0.29, 0.717) is 17.7 Å². The van der Waals surface area contributed by atoms with Gasteiger partial charge in [-0.15, -0.1) is 23.7 Å². The van der Waals surface area contributed by atoms with Gasteiger partial charge in [0.15, 0.2) is 5.13 Å². The lowest BCUT2D eigenvalue weighted by molar-refractivity contribution is -0.123. The average molecular weight is 388 g/mol. The number of hydrogen-bond donors (Lipinski definition) is 2. The summed E-state index contributed by atoms with van der Waals surface area (Å²) in [6.45, 7) is 7.63. The zero-order valence-corrected chi connectivity index (χ0v) is 16.6. The van der Waals surface area contributed by atoms with Gasteiger partial charge in [-0.2, -0.15) is 0 Å². The maximum Gasteiger partial charge on any atom is 0.234 e. The van der Waals surface area contributed by atoms with Gasteiger partial charge in [0, 0.05) is 49.8 Å². The highest BCUT2D eigenvalue weighted by molar-refractivity contribution is 7.15. The van der Waals surface area contributed by atoms with Crippen LogP contribution >= 0.6 is 23.7 Å². The molecule has 1 saturated heterocycles. The summed E-state index contributed by atoms with van der Waals surface area (Å²) in [5.74, 6) is 1.01. The van der Waals surface area contributed by atoms with Crippen LogP contribution < -0.4 is 11.1 Å². The summed E-state index contributed by atoms with van der Waals surface area (Å²) in [5.41, 5.74) is 5.68. The van der Waals surface area contributed by atoms with Gasteiger partial charge < -0.3 is 11.1 Å². The van der Waals surface area contributed by atoms with Crippen LogP contribution in [0.15, 0.2) is 6.20 Å². The Morgan fingerprint density at radius 3 is 2.48 bits per heavy atom. The highest BCUT2D eigenvalue weighted by Gasteiger charge is 2.23. The molecule has 1 amide bonds. The molecule has 2 fully saturated rings. The smallest absolute Gasteiger partial charge is 0.234 e. The van der Waals surface area contributed by atoms with E-state index in [1.807, 2.05) is 6.20 Å². The number of rotatable bonds is 5. The Bertz CT molecular complexity index is 539. The number of aromatic nitrogens is 1. The zero-order valence-electron chi connectivity index (χ0n) is 14.9. The van der Waals surface area contributed by atoms with Crippen LogP contribution in [0.1, 0.15) is 37.5 Å². The summed E-state index contributed by atoms with van der Waals surface area (Å²) in [4.78, 5) is 22.2. The maximum absolute atomic E-state index is 12.2. The SMILES string of the molecule is CC1CCC(NC(=O)CN2CCN(Cc3cnc(N)s3)CC2)CC1.Cl. The molecule has 6 nitrogen and oxygen atoms in total. The largest absolute Gasteiger partial charge is 0.375 e. The molecule has 0 spiro atoms. The summed E-state index contributed by atoms with van der Waals surface area (Å²) < 4.78 is 0. The van der Waals surface area contributed by atoms with E-state index in [2.05, 4.69) is 27.0 Å². The number of nitrogens with one attached hydrogen (secondary N) is 1. The number of amides is 1. The summed E-state index contributed by atoms with van der Waals surface area (Å²) in [6.07, 6.45) is 6.62. The molecule has 0 atom stereocenters. The Labute approximate surface area is 160 Å². The van der Waals surface area contributed by atoms with Gasteiger partial charge in [0.25, 0.3) is 0 Å². The second-order valence-electron chi connectivity index (χ2n) is 7.24. The molecule has 0 radical (unpaired) electrons. The molecule has 3 rings (SSSR count). The molecule has 2 aliphatic rings. The average Bonchev–Trinajstić information content (AvgIpc) is 2.96. The van der Waals surface area contributed by atoms with Gasteiger partial charge in [0.1, 0.15) is 0 Å². The van der Waals surface area contributed by atoms with Gasteiger partial charge in [-0.05, 0) is 31.6 Å². The molecule has 0 bridgehead atoms. The van der Waals surface area contributed by atoms with E-state index >= 15 is 0 Å². The molecule has 1 aromatic rings. The topological polar surface area (TPSA) is 74.5 Å². The minimum Gasteiger partial charge on any atom is -0.375 e. The number of nitrogen functional groups attached to an aromatic ring is 1. The lowest BCUT2D eigenvalue weighted by atomic mass is 9.87. The summed E-state index contributed by atoms with van der Waals surface area (Å²) in [5, 5.41) is 3.86. The number of anilines is 1. The van der Waals surface area contributed by atoms with Crippen LogP contribution in [0.25, 0.3) is 0 Å². The summed E-state index contributed by atoms with van der Waals surface area (Å²) in [6, 6.07) is 0.395. The van der Waals surface area contributed by atoms with E-state index < -0.39 is 0 Å². The Balaban J connectivity index is 0.00000225. The van der Waals surface area contributed by atoms with Crippen molar-refractivity contribution < 1.29 is 4.79 Å². The quantitative estimate of drug-likeness (QED) is 0.807. The molecule has 1 aliphatic carbocycles. The van der Waals surface area contributed by atoms with Crippen molar-refractivity contribution in [3.8, 4) is 0 Å². The lowest BCUT2D eigenvalue weighted by Crippen LogP contribution is -2.50. The zero-order chi connectivity index (χ0) is 16.9. The van der Waals surface area contributed by atoms with E-state index in [1.165, 1.54) is 17.7 Å². The molecule has 1 aromatic heterocycles. The number of piperazine rings is 1. The molecule has 142 valence electrons. The summed E-state index contributed by atoms with van der Waals surface area (Å²) >= 11 is 1.56.